The van der Waals surface area contributed by atoms with Crippen LogP contribution < -0.4 is 14.8 Å². The van der Waals surface area contributed by atoms with Gasteiger partial charge in [-0.3, -0.25) is 10.1 Å². The molecule has 3 aromatic rings. The summed E-state index contributed by atoms with van der Waals surface area (Å²) in [7, 11) is -3.65. The lowest BCUT2D eigenvalue weighted by atomic mass is 10.1. The predicted molar refractivity (Wildman–Crippen MR) is 134 cm³/mol. The van der Waals surface area contributed by atoms with E-state index in [1.165, 1.54) is 18.2 Å². The first-order chi connectivity index (χ1) is 17.0. The summed E-state index contributed by atoms with van der Waals surface area (Å²) in [5.74, 6) is -1.34. The maximum absolute atomic E-state index is 12.6. The normalized spacial score (nSPS) is 11.5. The Bertz CT molecular complexity index is 1510. The van der Waals surface area contributed by atoms with Gasteiger partial charge in [0.1, 0.15) is 11.6 Å². The van der Waals surface area contributed by atoms with Crippen LogP contribution in [0.25, 0.3) is 6.08 Å². The van der Waals surface area contributed by atoms with E-state index in [1.807, 2.05) is 13.0 Å². The molecule has 1 amide bonds. The van der Waals surface area contributed by atoms with E-state index >= 15 is 0 Å². The van der Waals surface area contributed by atoms with Crippen LogP contribution in [0.3, 0.4) is 0 Å². The van der Waals surface area contributed by atoms with E-state index in [4.69, 9.17) is 21.1 Å². The maximum Gasteiger partial charge on any atom is 0.343 e. The molecule has 0 aliphatic heterocycles. The number of hydrogen-bond donors (Lipinski definition) is 1. The summed E-state index contributed by atoms with van der Waals surface area (Å²) in [6.45, 7) is 3.79. The fraction of sp³-hybridized carbons (Fsp3) is 0.174. The molecule has 0 fully saturated rings. The predicted octanol–water partition coefficient (Wildman–Crippen LogP) is 4.07. The van der Waals surface area contributed by atoms with Crippen LogP contribution in [0.5, 0.6) is 11.5 Å². The molecule has 10 nitrogen and oxygen atoms in total. The first kappa shape index (κ1) is 26.8. The Balaban J connectivity index is 1.88. The van der Waals surface area contributed by atoms with Crippen molar-refractivity contribution >= 4 is 56.1 Å². The minimum absolute atomic E-state index is 0.00713. The van der Waals surface area contributed by atoms with Gasteiger partial charge in [0.15, 0.2) is 11.5 Å². The van der Waals surface area contributed by atoms with E-state index in [1.54, 1.807) is 31.2 Å². The molecule has 1 heterocycles. The molecule has 36 heavy (non-hydrogen) atoms. The SMILES string of the molecule is CCOc1cc(C=C(C#N)C(=O)Nc2nc(S(C)(=O)=O)ns2)cc(Cl)c1OC(=O)c1cccc(C)c1. The molecule has 0 saturated heterocycles. The molecule has 2 aromatic carbocycles. The molecule has 0 bridgehead atoms. The van der Waals surface area contributed by atoms with Crippen molar-refractivity contribution in [2.45, 2.75) is 19.0 Å². The third kappa shape index (κ3) is 6.66. The zero-order valence-corrected chi connectivity index (χ0v) is 21.6. The van der Waals surface area contributed by atoms with Crippen LogP contribution in [0.2, 0.25) is 5.02 Å². The number of amides is 1. The number of benzene rings is 2. The highest BCUT2D eigenvalue weighted by atomic mass is 35.5. The van der Waals surface area contributed by atoms with E-state index in [2.05, 4.69) is 14.7 Å². The van der Waals surface area contributed by atoms with Gasteiger partial charge in [0, 0.05) is 17.8 Å². The Kier molecular flexibility index (Phi) is 8.41. The lowest BCUT2D eigenvalue weighted by Gasteiger charge is -2.13. The van der Waals surface area contributed by atoms with Gasteiger partial charge in [-0.1, -0.05) is 29.3 Å². The van der Waals surface area contributed by atoms with Crippen LogP contribution >= 0.6 is 23.1 Å². The van der Waals surface area contributed by atoms with E-state index in [-0.39, 0.29) is 33.8 Å². The number of rotatable bonds is 8. The van der Waals surface area contributed by atoms with Gasteiger partial charge in [-0.05, 0) is 49.8 Å². The number of nitriles is 1. The van der Waals surface area contributed by atoms with Crippen molar-refractivity contribution in [3.05, 3.63) is 63.7 Å². The van der Waals surface area contributed by atoms with Crippen LogP contribution in [0.4, 0.5) is 5.13 Å². The standard InChI is InChI=1S/C23H19ClN4O6S2/c1-4-33-18-11-14(10-17(24)19(18)34-21(30)15-7-5-6-13(2)8-15)9-16(12-25)20(29)26-22-27-23(28-35-22)36(3,31)32/h5-11H,4H2,1-3H3,(H,26,27,28,29). The van der Waals surface area contributed by atoms with Crippen molar-refractivity contribution in [3.63, 3.8) is 0 Å². The molecule has 0 spiro atoms. The number of ether oxygens (including phenoxy) is 2. The van der Waals surface area contributed by atoms with Gasteiger partial charge in [0.25, 0.3) is 11.1 Å². The second kappa shape index (κ2) is 11.3. The second-order valence-corrected chi connectivity index (χ2v) is 10.4. The van der Waals surface area contributed by atoms with Gasteiger partial charge in [-0.25, -0.2) is 13.2 Å². The number of aryl methyl sites for hydroxylation is 1. The summed E-state index contributed by atoms with van der Waals surface area (Å²) >= 11 is 7.03. The molecule has 0 aliphatic rings. The van der Waals surface area contributed by atoms with Crippen molar-refractivity contribution < 1.29 is 27.5 Å². The third-order valence-corrected chi connectivity index (χ3v) is 6.29. The number of anilines is 1. The number of esters is 1. The molecule has 0 aliphatic carbocycles. The molecule has 186 valence electrons. The van der Waals surface area contributed by atoms with Crippen LogP contribution in [-0.2, 0) is 14.6 Å². The number of carbonyl (C=O) groups excluding carboxylic acids is 2. The molecule has 0 radical (unpaired) electrons. The average molecular weight is 547 g/mol. The molecular weight excluding hydrogens is 528 g/mol. The number of sulfone groups is 1. The van der Waals surface area contributed by atoms with E-state index in [9.17, 15) is 23.3 Å². The number of aromatic nitrogens is 2. The Morgan fingerprint density at radius 1 is 1.28 bits per heavy atom. The highest BCUT2D eigenvalue weighted by Crippen LogP contribution is 2.38. The van der Waals surface area contributed by atoms with Gasteiger partial charge in [0.2, 0.25) is 15.0 Å². The third-order valence-electron chi connectivity index (χ3n) is 4.42. The summed E-state index contributed by atoms with van der Waals surface area (Å²) in [4.78, 5) is 28.9. The number of hydrogen-bond acceptors (Lipinski definition) is 10. The monoisotopic (exact) mass is 546 g/mol. The molecule has 0 atom stereocenters. The van der Waals surface area contributed by atoms with Gasteiger partial charge < -0.3 is 9.47 Å². The molecular formula is C23H19ClN4O6S2. The average Bonchev–Trinajstić information content (AvgIpc) is 3.29. The van der Waals surface area contributed by atoms with Crippen molar-refractivity contribution in [3.8, 4) is 17.6 Å². The molecule has 1 N–H and O–H groups in total. The van der Waals surface area contributed by atoms with Crippen molar-refractivity contribution in [2.24, 2.45) is 0 Å². The minimum Gasteiger partial charge on any atom is -0.490 e. The fourth-order valence-electron chi connectivity index (χ4n) is 2.85. The molecule has 0 saturated carbocycles. The van der Waals surface area contributed by atoms with E-state index < -0.39 is 26.9 Å². The Morgan fingerprint density at radius 3 is 2.64 bits per heavy atom. The lowest BCUT2D eigenvalue weighted by molar-refractivity contribution is -0.112. The summed E-state index contributed by atoms with van der Waals surface area (Å²) in [6, 6.07) is 11.5. The summed E-state index contributed by atoms with van der Waals surface area (Å²) in [5.41, 5.74) is 1.20. The lowest BCUT2D eigenvalue weighted by Crippen LogP contribution is -2.13. The highest BCUT2D eigenvalue weighted by Gasteiger charge is 2.20. The van der Waals surface area contributed by atoms with Crippen LogP contribution in [0, 0.1) is 18.3 Å². The second-order valence-electron chi connectivity index (χ2n) is 7.30. The van der Waals surface area contributed by atoms with Crippen molar-refractivity contribution in [1.29, 1.82) is 5.26 Å². The summed E-state index contributed by atoms with van der Waals surface area (Å²) < 4.78 is 37.8. The summed E-state index contributed by atoms with van der Waals surface area (Å²) in [6.07, 6.45) is 2.18. The van der Waals surface area contributed by atoms with Crippen LogP contribution in [-0.4, -0.2) is 42.5 Å². The smallest absolute Gasteiger partial charge is 0.343 e. The Labute approximate surface area is 216 Å². The Hall–Kier alpha value is -3.79. The number of halogens is 1. The van der Waals surface area contributed by atoms with Crippen LogP contribution in [0.15, 0.2) is 47.1 Å². The zero-order valence-electron chi connectivity index (χ0n) is 19.2. The molecule has 3 rings (SSSR count). The number of nitrogens with one attached hydrogen (secondary N) is 1. The van der Waals surface area contributed by atoms with Gasteiger partial charge >= 0.3 is 5.97 Å². The van der Waals surface area contributed by atoms with Crippen LogP contribution in [0.1, 0.15) is 28.4 Å². The summed E-state index contributed by atoms with van der Waals surface area (Å²) in [5, 5.41) is 11.3. The molecule has 13 heteroatoms. The fourth-order valence-corrected chi connectivity index (χ4v) is 4.54. The van der Waals surface area contributed by atoms with Gasteiger partial charge in [-0.15, -0.1) is 0 Å². The topological polar surface area (TPSA) is 148 Å². The zero-order chi connectivity index (χ0) is 26.5. The quantitative estimate of drug-likeness (QED) is 0.191. The molecule has 1 aromatic heterocycles. The first-order valence-corrected chi connectivity index (χ1v) is 13.3. The van der Waals surface area contributed by atoms with Gasteiger partial charge in [0.05, 0.1) is 17.2 Å². The number of nitrogens with zero attached hydrogens (tertiary/aromatic N) is 3. The van der Waals surface area contributed by atoms with E-state index in [0.29, 0.717) is 22.7 Å². The largest absolute Gasteiger partial charge is 0.490 e. The van der Waals surface area contributed by atoms with E-state index in [0.717, 1.165) is 11.8 Å². The maximum atomic E-state index is 12.6. The van der Waals surface area contributed by atoms with Gasteiger partial charge in [-0.2, -0.15) is 14.6 Å². The Morgan fingerprint density at radius 2 is 2.03 bits per heavy atom. The number of carbonyl (C=O) groups is 2. The van der Waals surface area contributed by atoms with Crippen molar-refractivity contribution in [1.82, 2.24) is 9.36 Å². The highest BCUT2D eigenvalue weighted by molar-refractivity contribution is 7.90. The van der Waals surface area contributed by atoms with Crippen molar-refractivity contribution in [2.75, 3.05) is 18.2 Å². The minimum atomic E-state index is -3.65. The molecule has 0 unspecified atom stereocenters. The first-order valence-electron chi connectivity index (χ1n) is 10.2.